The molecule has 1 atom stereocenters. The number of halogens is 1. The van der Waals surface area contributed by atoms with Crippen LogP contribution in [0.1, 0.15) is 17.2 Å². The van der Waals surface area contributed by atoms with Crippen LogP contribution in [0.3, 0.4) is 0 Å². The summed E-state index contributed by atoms with van der Waals surface area (Å²) in [5, 5.41) is 0.757. The van der Waals surface area contributed by atoms with Gasteiger partial charge in [-0.25, -0.2) is 0 Å². The molecule has 100 valence electrons. The fourth-order valence-electron chi connectivity index (χ4n) is 1.84. The molecule has 0 radical (unpaired) electrons. The maximum atomic E-state index is 5.96. The quantitative estimate of drug-likeness (QED) is 0.737. The molecule has 0 aromatic heterocycles. The Morgan fingerprint density at radius 1 is 1.05 bits per heavy atom. The van der Waals surface area contributed by atoms with Crippen molar-refractivity contribution >= 4 is 15.9 Å². The van der Waals surface area contributed by atoms with Crippen molar-refractivity contribution in [2.24, 2.45) is 0 Å². The number of methoxy groups -OCH3 is 1. The van der Waals surface area contributed by atoms with E-state index < -0.39 is 0 Å². The van der Waals surface area contributed by atoms with Gasteiger partial charge in [-0.1, -0.05) is 58.4 Å². The lowest BCUT2D eigenvalue weighted by atomic mass is 10.1. The van der Waals surface area contributed by atoms with E-state index in [0.29, 0.717) is 6.61 Å². The summed E-state index contributed by atoms with van der Waals surface area (Å²) in [4.78, 5) is 0. The standard InChI is InChI=1S/C16H17BrO2/c1-18-15-9-5-8-14(10-15)16(11-17)19-12-13-6-3-2-4-7-13/h2-10,16H,11-12H2,1H3. The zero-order chi connectivity index (χ0) is 13.5. The van der Waals surface area contributed by atoms with Gasteiger partial charge in [0.2, 0.25) is 0 Å². The zero-order valence-corrected chi connectivity index (χ0v) is 12.5. The minimum absolute atomic E-state index is 0.0234. The van der Waals surface area contributed by atoms with Gasteiger partial charge in [-0.15, -0.1) is 0 Å². The number of alkyl halides is 1. The van der Waals surface area contributed by atoms with Crippen molar-refractivity contribution in [2.75, 3.05) is 12.4 Å². The van der Waals surface area contributed by atoms with Crippen LogP contribution in [0, 0.1) is 0 Å². The van der Waals surface area contributed by atoms with E-state index >= 15 is 0 Å². The highest BCUT2D eigenvalue weighted by Crippen LogP contribution is 2.24. The smallest absolute Gasteiger partial charge is 0.119 e. The summed E-state index contributed by atoms with van der Waals surface area (Å²) >= 11 is 3.51. The van der Waals surface area contributed by atoms with Gasteiger partial charge in [-0.2, -0.15) is 0 Å². The molecule has 0 N–H and O–H groups in total. The lowest BCUT2D eigenvalue weighted by Gasteiger charge is -2.16. The van der Waals surface area contributed by atoms with E-state index in [-0.39, 0.29) is 6.10 Å². The maximum Gasteiger partial charge on any atom is 0.119 e. The van der Waals surface area contributed by atoms with Gasteiger partial charge in [-0.3, -0.25) is 0 Å². The summed E-state index contributed by atoms with van der Waals surface area (Å²) < 4.78 is 11.2. The first-order chi connectivity index (χ1) is 9.33. The predicted molar refractivity (Wildman–Crippen MR) is 80.8 cm³/mol. The van der Waals surface area contributed by atoms with Gasteiger partial charge >= 0.3 is 0 Å². The van der Waals surface area contributed by atoms with Crippen LogP contribution in [-0.2, 0) is 11.3 Å². The second-order valence-corrected chi connectivity index (χ2v) is 4.86. The van der Waals surface area contributed by atoms with Crippen LogP contribution >= 0.6 is 15.9 Å². The van der Waals surface area contributed by atoms with Gasteiger partial charge in [0.15, 0.2) is 0 Å². The molecule has 0 spiro atoms. The van der Waals surface area contributed by atoms with E-state index in [9.17, 15) is 0 Å². The molecule has 19 heavy (non-hydrogen) atoms. The third kappa shape index (κ3) is 4.08. The molecule has 0 bridgehead atoms. The molecule has 0 saturated heterocycles. The highest BCUT2D eigenvalue weighted by molar-refractivity contribution is 9.09. The molecule has 2 aromatic rings. The van der Waals surface area contributed by atoms with Crippen LogP contribution in [0.5, 0.6) is 5.75 Å². The Morgan fingerprint density at radius 2 is 1.84 bits per heavy atom. The van der Waals surface area contributed by atoms with Crippen LogP contribution in [-0.4, -0.2) is 12.4 Å². The van der Waals surface area contributed by atoms with E-state index in [4.69, 9.17) is 9.47 Å². The van der Waals surface area contributed by atoms with Crippen LogP contribution in [0.2, 0.25) is 0 Å². The first kappa shape index (κ1) is 14.1. The Balaban J connectivity index is 2.03. The van der Waals surface area contributed by atoms with E-state index in [0.717, 1.165) is 16.6 Å². The van der Waals surface area contributed by atoms with E-state index in [2.05, 4.69) is 34.1 Å². The maximum absolute atomic E-state index is 5.96. The number of rotatable bonds is 6. The fourth-order valence-corrected chi connectivity index (χ4v) is 2.40. The number of hydrogen-bond donors (Lipinski definition) is 0. The average Bonchev–Trinajstić information content (AvgIpc) is 2.49. The third-order valence-corrected chi connectivity index (χ3v) is 3.49. The van der Waals surface area contributed by atoms with Crippen molar-refractivity contribution in [3.63, 3.8) is 0 Å². The summed E-state index contributed by atoms with van der Waals surface area (Å²) in [7, 11) is 1.67. The molecule has 0 aliphatic heterocycles. The average molecular weight is 321 g/mol. The molecule has 0 amide bonds. The highest BCUT2D eigenvalue weighted by Gasteiger charge is 2.11. The van der Waals surface area contributed by atoms with Crippen LogP contribution in [0.15, 0.2) is 54.6 Å². The molecule has 0 fully saturated rings. The summed E-state index contributed by atoms with van der Waals surface area (Å²) in [5.74, 6) is 0.853. The van der Waals surface area contributed by atoms with E-state index in [1.807, 2.05) is 36.4 Å². The Labute approximate surface area is 122 Å². The fraction of sp³-hybridized carbons (Fsp3) is 0.250. The van der Waals surface area contributed by atoms with Crippen LogP contribution in [0.4, 0.5) is 0 Å². The molecule has 0 aliphatic rings. The third-order valence-electron chi connectivity index (χ3n) is 2.90. The number of ether oxygens (including phenoxy) is 2. The SMILES string of the molecule is COc1cccc(C(CBr)OCc2ccccc2)c1. The van der Waals surface area contributed by atoms with Gasteiger partial charge in [-0.05, 0) is 23.3 Å². The van der Waals surface area contributed by atoms with Crippen molar-refractivity contribution < 1.29 is 9.47 Å². The van der Waals surface area contributed by atoms with Gasteiger partial charge in [0, 0.05) is 5.33 Å². The summed E-state index contributed by atoms with van der Waals surface area (Å²) in [6.45, 7) is 0.605. The predicted octanol–water partition coefficient (Wildman–Crippen LogP) is 4.35. The van der Waals surface area contributed by atoms with E-state index in [1.54, 1.807) is 7.11 Å². The Kier molecular flexibility index (Phi) is 5.43. The second kappa shape index (κ2) is 7.31. The van der Waals surface area contributed by atoms with Crippen molar-refractivity contribution in [3.8, 4) is 5.75 Å². The Bertz CT molecular complexity index is 499. The van der Waals surface area contributed by atoms with Crippen LogP contribution in [0.25, 0.3) is 0 Å². The molecular weight excluding hydrogens is 304 g/mol. The summed E-state index contributed by atoms with van der Waals surface area (Å²) in [6.07, 6.45) is 0.0234. The number of hydrogen-bond acceptors (Lipinski definition) is 2. The molecule has 0 heterocycles. The minimum Gasteiger partial charge on any atom is -0.497 e. The molecule has 2 aromatic carbocycles. The lowest BCUT2D eigenvalue weighted by molar-refractivity contribution is 0.0564. The normalized spacial score (nSPS) is 12.1. The molecule has 2 rings (SSSR count). The molecule has 3 heteroatoms. The first-order valence-corrected chi connectivity index (χ1v) is 7.31. The number of benzene rings is 2. The van der Waals surface area contributed by atoms with E-state index in [1.165, 1.54) is 5.56 Å². The monoisotopic (exact) mass is 320 g/mol. The molecule has 0 aliphatic carbocycles. The van der Waals surface area contributed by atoms with Crippen molar-refractivity contribution in [3.05, 3.63) is 65.7 Å². The molecular formula is C16H17BrO2. The van der Waals surface area contributed by atoms with Gasteiger partial charge < -0.3 is 9.47 Å². The van der Waals surface area contributed by atoms with Crippen molar-refractivity contribution in [2.45, 2.75) is 12.7 Å². The molecule has 2 nitrogen and oxygen atoms in total. The zero-order valence-electron chi connectivity index (χ0n) is 10.9. The Morgan fingerprint density at radius 3 is 2.53 bits per heavy atom. The minimum atomic E-state index is 0.0234. The summed E-state index contributed by atoms with van der Waals surface area (Å²) in [5.41, 5.74) is 2.29. The highest BCUT2D eigenvalue weighted by atomic mass is 79.9. The second-order valence-electron chi connectivity index (χ2n) is 4.22. The first-order valence-electron chi connectivity index (χ1n) is 6.19. The topological polar surface area (TPSA) is 18.5 Å². The molecule has 0 saturated carbocycles. The van der Waals surface area contributed by atoms with Gasteiger partial charge in [0.1, 0.15) is 5.75 Å². The van der Waals surface area contributed by atoms with Crippen molar-refractivity contribution in [1.29, 1.82) is 0 Å². The molecule has 1 unspecified atom stereocenters. The summed E-state index contributed by atoms with van der Waals surface area (Å²) in [6, 6.07) is 18.2. The Hall–Kier alpha value is -1.32. The largest absolute Gasteiger partial charge is 0.497 e. The van der Waals surface area contributed by atoms with Crippen molar-refractivity contribution in [1.82, 2.24) is 0 Å². The van der Waals surface area contributed by atoms with Gasteiger partial charge in [0.05, 0.1) is 19.8 Å². The van der Waals surface area contributed by atoms with Crippen LogP contribution < -0.4 is 4.74 Å². The lowest BCUT2D eigenvalue weighted by Crippen LogP contribution is -2.06. The van der Waals surface area contributed by atoms with Gasteiger partial charge in [0.25, 0.3) is 0 Å².